The third kappa shape index (κ3) is 5.71. The Balaban J connectivity index is 1.69. The van der Waals surface area contributed by atoms with E-state index in [1.165, 1.54) is 19.2 Å². The van der Waals surface area contributed by atoms with E-state index in [9.17, 15) is 14.4 Å². The highest BCUT2D eigenvalue weighted by atomic mass is 79.9. The molecule has 0 aliphatic carbocycles. The Hall–Kier alpha value is -3.16. The Labute approximate surface area is 192 Å². The monoisotopic (exact) mass is 501 g/mol. The molecule has 0 aliphatic rings. The molecule has 1 N–H and O–H groups in total. The Morgan fingerprint density at radius 1 is 0.968 bits per heavy atom. The highest BCUT2D eigenvalue weighted by molar-refractivity contribution is 9.10. The molecular formula is C23H17BrClNO5. The van der Waals surface area contributed by atoms with Gasteiger partial charge in [-0.15, -0.1) is 0 Å². The van der Waals surface area contributed by atoms with E-state index in [0.717, 1.165) is 4.47 Å². The minimum Gasteiger partial charge on any atom is -0.497 e. The number of benzene rings is 3. The zero-order valence-corrected chi connectivity index (χ0v) is 18.7. The number of esters is 1. The average molecular weight is 503 g/mol. The molecule has 6 nitrogen and oxygen atoms in total. The number of hydrogen-bond donors (Lipinski definition) is 1. The van der Waals surface area contributed by atoms with Gasteiger partial charge < -0.3 is 14.8 Å². The topological polar surface area (TPSA) is 81.7 Å². The van der Waals surface area contributed by atoms with Crippen molar-refractivity contribution in [3.8, 4) is 5.75 Å². The lowest BCUT2D eigenvalue weighted by atomic mass is 9.98. The molecule has 158 valence electrons. The zero-order valence-electron chi connectivity index (χ0n) is 16.4. The molecule has 0 bridgehead atoms. The lowest BCUT2D eigenvalue weighted by Gasteiger charge is -2.10. The summed E-state index contributed by atoms with van der Waals surface area (Å²) >= 11 is 9.35. The molecule has 0 aromatic heterocycles. The summed E-state index contributed by atoms with van der Waals surface area (Å²) in [5.74, 6) is -1.08. The maximum absolute atomic E-state index is 12.9. The first-order valence-electron chi connectivity index (χ1n) is 9.09. The van der Waals surface area contributed by atoms with Gasteiger partial charge in [0.15, 0.2) is 12.4 Å². The predicted molar refractivity (Wildman–Crippen MR) is 121 cm³/mol. The number of halogens is 2. The molecule has 3 rings (SSSR count). The molecule has 0 saturated heterocycles. The van der Waals surface area contributed by atoms with Crippen LogP contribution >= 0.6 is 27.5 Å². The summed E-state index contributed by atoms with van der Waals surface area (Å²) in [4.78, 5) is 37.6. The second-order valence-corrected chi connectivity index (χ2v) is 7.67. The van der Waals surface area contributed by atoms with E-state index in [2.05, 4.69) is 21.2 Å². The standard InChI is InChI=1S/C23H17BrClNO5/c1-30-16-9-6-14(7-10-16)22(28)17-4-2-3-5-18(17)23(29)31-13-21(27)26-20-11-8-15(24)12-19(20)25/h2-12H,13H2,1H3,(H,26,27). The molecule has 0 heterocycles. The first-order valence-corrected chi connectivity index (χ1v) is 10.3. The van der Waals surface area contributed by atoms with E-state index in [0.29, 0.717) is 22.0 Å². The smallest absolute Gasteiger partial charge is 0.339 e. The van der Waals surface area contributed by atoms with Crippen LogP contribution in [0.5, 0.6) is 5.75 Å². The van der Waals surface area contributed by atoms with Gasteiger partial charge in [0.05, 0.1) is 23.4 Å². The number of carbonyl (C=O) groups is 3. The van der Waals surface area contributed by atoms with Crippen molar-refractivity contribution in [2.45, 2.75) is 0 Å². The third-order valence-corrected chi connectivity index (χ3v) is 5.09. The van der Waals surface area contributed by atoms with Gasteiger partial charge in [0.25, 0.3) is 5.91 Å². The van der Waals surface area contributed by atoms with Gasteiger partial charge in [-0.05, 0) is 48.5 Å². The SMILES string of the molecule is COc1ccc(C(=O)c2ccccc2C(=O)OCC(=O)Nc2ccc(Br)cc2Cl)cc1. The van der Waals surface area contributed by atoms with E-state index >= 15 is 0 Å². The highest BCUT2D eigenvalue weighted by Crippen LogP contribution is 2.25. The van der Waals surface area contributed by atoms with Crippen LogP contribution in [-0.2, 0) is 9.53 Å². The average Bonchev–Trinajstić information content (AvgIpc) is 2.79. The molecule has 0 spiro atoms. The minimum atomic E-state index is -0.783. The van der Waals surface area contributed by atoms with Crippen molar-refractivity contribution in [1.29, 1.82) is 0 Å². The molecule has 0 saturated carbocycles. The third-order valence-electron chi connectivity index (χ3n) is 4.28. The number of hydrogen-bond acceptors (Lipinski definition) is 5. The van der Waals surface area contributed by atoms with E-state index in [-0.39, 0.29) is 16.9 Å². The lowest BCUT2D eigenvalue weighted by Crippen LogP contribution is -2.22. The molecule has 0 fully saturated rings. The fraction of sp³-hybridized carbons (Fsp3) is 0.0870. The van der Waals surface area contributed by atoms with Gasteiger partial charge in [-0.1, -0.05) is 45.7 Å². The number of nitrogens with one attached hydrogen (secondary N) is 1. The predicted octanol–water partition coefficient (Wildman–Crippen LogP) is 5.14. The van der Waals surface area contributed by atoms with Crippen LogP contribution in [0.2, 0.25) is 5.02 Å². The largest absolute Gasteiger partial charge is 0.497 e. The molecular weight excluding hydrogens is 486 g/mol. The van der Waals surface area contributed by atoms with Gasteiger partial charge in [-0.3, -0.25) is 9.59 Å². The fourth-order valence-corrected chi connectivity index (χ4v) is 3.46. The maximum atomic E-state index is 12.9. The van der Waals surface area contributed by atoms with Crippen LogP contribution < -0.4 is 10.1 Å². The Bertz CT molecular complexity index is 1130. The summed E-state index contributed by atoms with van der Waals surface area (Å²) in [6, 6.07) is 17.8. The number of ketones is 1. The van der Waals surface area contributed by atoms with Crippen LogP contribution in [0.4, 0.5) is 5.69 Å². The second-order valence-electron chi connectivity index (χ2n) is 6.35. The summed E-state index contributed by atoms with van der Waals surface area (Å²) in [5.41, 5.74) is 1.02. The van der Waals surface area contributed by atoms with Crippen molar-refractivity contribution < 1.29 is 23.9 Å². The molecule has 8 heteroatoms. The Kier molecular flexibility index (Phi) is 7.44. The molecule has 3 aromatic rings. The molecule has 3 aromatic carbocycles. The number of carbonyl (C=O) groups excluding carboxylic acids is 3. The van der Waals surface area contributed by atoms with E-state index in [4.69, 9.17) is 21.1 Å². The first-order chi connectivity index (χ1) is 14.9. The van der Waals surface area contributed by atoms with Gasteiger partial charge in [0.1, 0.15) is 5.75 Å². The summed E-state index contributed by atoms with van der Waals surface area (Å²) in [5, 5.41) is 2.91. The number of anilines is 1. The molecule has 0 atom stereocenters. The van der Waals surface area contributed by atoms with Crippen LogP contribution in [0.25, 0.3) is 0 Å². The molecule has 31 heavy (non-hydrogen) atoms. The van der Waals surface area contributed by atoms with Crippen LogP contribution in [0.1, 0.15) is 26.3 Å². The number of methoxy groups -OCH3 is 1. The van der Waals surface area contributed by atoms with Gasteiger partial charge in [0, 0.05) is 15.6 Å². The Morgan fingerprint density at radius 2 is 1.65 bits per heavy atom. The van der Waals surface area contributed by atoms with Crippen LogP contribution in [0.3, 0.4) is 0 Å². The van der Waals surface area contributed by atoms with E-state index in [1.807, 2.05) is 0 Å². The molecule has 0 unspecified atom stereocenters. The maximum Gasteiger partial charge on any atom is 0.339 e. The highest BCUT2D eigenvalue weighted by Gasteiger charge is 2.20. The number of rotatable bonds is 7. The number of ether oxygens (including phenoxy) is 2. The summed E-state index contributed by atoms with van der Waals surface area (Å²) < 4.78 is 11.0. The molecule has 0 aliphatic heterocycles. The van der Waals surface area contributed by atoms with Gasteiger partial charge in [-0.2, -0.15) is 0 Å². The van der Waals surface area contributed by atoms with Crippen molar-refractivity contribution >= 4 is 50.9 Å². The summed E-state index contributed by atoms with van der Waals surface area (Å²) in [6.07, 6.45) is 0. The van der Waals surface area contributed by atoms with Crippen LogP contribution in [0, 0.1) is 0 Å². The van der Waals surface area contributed by atoms with Crippen molar-refractivity contribution in [2.75, 3.05) is 19.0 Å². The van der Waals surface area contributed by atoms with Crippen molar-refractivity contribution in [2.24, 2.45) is 0 Å². The van der Waals surface area contributed by atoms with Crippen molar-refractivity contribution in [3.05, 3.63) is 92.9 Å². The van der Waals surface area contributed by atoms with Crippen LogP contribution in [-0.4, -0.2) is 31.4 Å². The van der Waals surface area contributed by atoms with Crippen LogP contribution in [0.15, 0.2) is 71.2 Å². The lowest BCUT2D eigenvalue weighted by molar-refractivity contribution is -0.119. The van der Waals surface area contributed by atoms with Gasteiger partial charge >= 0.3 is 5.97 Å². The quantitative estimate of drug-likeness (QED) is 0.357. The number of amides is 1. The van der Waals surface area contributed by atoms with Gasteiger partial charge in [-0.25, -0.2) is 4.79 Å². The molecule has 0 radical (unpaired) electrons. The molecule has 1 amide bonds. The summed E-state index contributed by atoms with van der Waals surface area (Å²) in [7, 11) is 1.53. The minimum absolute atomic E-state index is 0.0674. The normalized spacial score (nSPS) is 10.3. The fourth-order valence-electron chi connectivity index (χ4n) is 2.74. The van der Waals surface area contributed by atoms with Crippen molar-refractivity contribution in [1.82, 2.24) is 0 Å². The summed E-state index contributed by atoms with van der Waals surface area (Å²) in [6.45, 7) is -0.531. The van der Waals surface area contributed by atoms with Gasteiger partial charge in [0.2, 0.25) is 0 Å². The van der Waals surface area contributed by atoms with E-state index in [1.54, 1.807) is 54.6 Å². The second kappa shape index (κ2) is 10.2. The Morgan fingerprint density at radius 3 is 2.29 bits per heavy atom. The van der Waals surface area contributed by atoms with E-state index < -0.39 is 18.5 Å². The zero-order chi connectivity index (χ0) is 22.4. The first kappa shape index (κ1) is 22.5. The van der Waals surface area contributed by atoms with Crippen molar-refractivity contribution in [3.63, 3.8) is 0 Å².